The van der Waals surface area contributed by atoms with Gasteiger partial charge in [0.1, 0.15) is 0 Å². The van der Waals surface area contributed by atoms with E-state index in [2.05, 4.69) is 0 Å². The van der Waals surface area contributed by atoms with Gasteiger partial charge in [0, 0.05) is 6.08 Å². The summed E-state index contributed by atoms with van der Waals surface area (Å²) >= 11 is 0. The van der Waals surface area contributed by atoms with Crippen LogP contribution in [0.25, 0.3) is 0 Å². The average molecular weight is 141 g/mol. The van der Waals surface area contributed by atoms with Crippen molar-refractivity contribution >= 4 is 0 Å². The maximum absolute atomic E-state index is 11.1. The molecule has 0 spiro atoms. The molecule has 0 fully saturated rings. The van der Waals surface area contributed by atoms with E-state index in [1.54, 1.807) is 0 Å². The fourth-order valence-electron chi connectivity index (χ4n) is 0.127. The number of allylic oxidation sites excluding steroid dienone is 2. The van der Waals surface area contributed by atoms with Gasteiger partial charge < -0.3 is 5.11 Å². The number of rotatable bonds is 1. The van der Waals surface area contributed by atoms with Crippen LogP contribution in [0.4, 0.5) is 8.78 Å². The van der Waals surface area contributed by atoms with Crippen molar-refractivity contribution in [2.45, 2.75) is 6.43 Å². The van der Waals surface area contributed by atoms with Gasteiger partial charge in [-0.15, -0.1) is 0 Å². The standard InChI is InChI=1S/C4H3F2NO.Na/c5-4(6)3(8)1-2-7;/h1,4,8H;/q;+1/p-1/b3-1+;. The third-order valence-corrected chi connectivity index (χ3v) is 0.422. The second-order valence-electron chi connectivity index (χ2n) is 0.977. The first-order valence-electron chi connectivity index (χ1n) is 1.73. The van der Waals surface area contributed by atoms with Crippen LogP contribution in [-0.4, -0.2) is 6.43 Å². The normalized spacial score (nSPS) is 10.2. The van der Waals surface area contributed by atoms with E-state index >= 15 is 0 Å². The molecule has 0 amide bonds. The number of alkyl halides is 2. The Labute approximate surface area is 73.1 Å². The molecule has 5 heteroatoms. The van der Waals surface area contributed by atoms with Crippen molar-refractivity contribution in [2.24, 2.45) is 0 Å². The predicted octanol–water partition coefficient (Wildman–Crippen LogP) is -2.98. The summed E-state index contributed by atoms with van der Waals surface area (Å²) in [4.78, 5) is 0. The Morgan fingerprint density at radius 2 is 2.11 bits per heavy atom. The van der Waals surface area contributed by atoms with E-state index in [-0.39, 0.29) is 35.6 Å². The van der Waals surface area contributed by atoms with Crippen molar-refractivity contribution in [3.63, 3.8) is 0 Å². The number of hydrogen-bond donors (Lipinski definition) is 0. The fraction of sp³-hybridized carbons (Fsp3) is 0.250. The summed E-state index contributed by atoms with van der Waals surface area (Å²) < 4.78 is 22.2. The smallest absolute Gasteiger partial charge is 0.871 e. The maximum atomic E-state index is 11.1. The summed E-state index contributed by atoms with van der Waals surface area (Å²) in [5.41, 5.74) is 0. The van der Waals surface area contributed by atoms with E-state index in [1.807, 2.05) is 0 Å². The molecule has 0 radical (unpaired) electrons. The van der Waals surface area contributed by atoms with E-state index in [0.29, 0.717) is 0 Å². The quantitative estimate of drug-likeness (QED) is 0.222. The minimum absolute atomic E-state index is 0. The molecule has 0 saturated carbocycles. The molecule has 0 rings (SSSR count). The van der Waals surface area contributed by atoms with Crippen LogP contribution < -0.4 is 34.7 Å². The summed E-state index contributed by atoms with van der Waals surface area (Å²) in [6, 6.07) is 1.19. The molecule has 0 unspecified atom stereocenters. The summed E-state index contributed by atoms with van der Waals surface area (Å²) in [5, 5.41) is 17.3. The van der Waals surface area contributed by atoms with Crippen molar-refractivity contribution in [3.8, 4) is 6.07 Å². The van der Waals surface area contributed by atoms with Gasteiger partial charge in [-0.05, 0) is 0 Å². The van der Waals surface area contributed by atoms with Gasteiger partial charge in [-0.3, -0.25) is 0 Å². The average Bonchev–Trinajstić information content (AvgIpc) is 1.67. The van der Waals surface area contributed by atoms with Crippen LogP contribution in [0.2, 0.25) is 0 Å². The van der Waals surface area contributed by atoms with Crippen molar-refractivity contribution in [1.82, 2.24) is 0 Å². The minimum Gasteiger partial charge on any atom is -0.871 e. The molecule has 0 aromatic rings. The van der Waals surface area contributed by atoms with Crippen LogP contribution in [-0.2, 0) is 0 Å². The summed E-state index contributed by atoms with van der Waals surface area (Å²) in [6.07, 6.45) is -2.76. The van der Waals surface area contributed by atoms with Gasteiger partial charge in [-0.25, -0.2) is 8.78 Å². The van der Waals surface area contributed by atoms with Crippen LogP contribution in [0.3, 0.4) is 0 Å². The maximum Gasteiger partial charge on any atom is 1.00 e. The van der Waals surface area contributed by atoms with E-state index in [0.717, 1.165) is 0 Å². The van der Waals surface area contributed by atoms with E-state index in [9.17, 15) is 13.9 Å². The van der Waals surface area contributed by atoms with Crippen LogP contribution in [0, 0.1) is 11.3 Å². The molecule has 9 heavy (non-hydrogen) atoms. The van der Waals surface area contributed by atoms with E-state index in [4.69, 9.17) is 5.26 Å². The minimum atomic E-state index is -3.05. The first kappa shape index (κ1) is 11.7. The van der Waals surface area contributed by atoms with Gasteiger partial charge in [-0.1, -0.05) is 5.76 Å². The molecule has 0 aliphatic rings. The van der Waals surface area contributed by atoms with Crippen molar-refractivity contribution in [1.29, 1.82) is 5.26 Å². The van der Waals surface area contributed by atoms with E-state index < -0.39 is 12.2 Å². The monoisotopic (exact) mass is 141 g/mol. The molecule has 0 aliphatic heterocycles. The number of hydrogen-bond acceptors (Lipinski definition) is 2. The Hall–Kier alpha value is -0.110. The largest absolute Gasteiger partial charge is 1.00 e. The van der Waals surface area contributed by atoms with Crippen LogP contribution >= 0.6 is 0 Å². The van der Waals surface area contributed by atoms with Gasteiger partial charge in [0.15, 0.2) is 0 Å². The van der Waals surface area contributed by atoms with Crippen molar-refractivity contribution < 1.29 is 43.4 Å². The molecule has 0 aromatic heterocycles. The number of nitriles is 1. The third-order valence-electron chi connectivity index (χ3n) is 0.422. The molecule has 2 nitrogen and oxygen atoms in total. The van der Waals surface area contributed by atoms with Gasteiger partial charge in [-0.2, -0.15) is 5.26 Å². The fourth-order valence-corrected chi connectivity index (χ4v) is 0.127. The molecule has 0 bridgehead atoms. The van der Waals surface area contributed by atoms with Crippen LogP contribution in [0.1, 0.15) is 0 Å². The molecular formula is C4H2F2NNaO. The van der Waals surface area contributed by atoms with E-state index in [1.165, 1.54) is 6.07 Å². The van der Waals surface area contributed by atoms with Crippen molar-refractivity contribution in [3.05, 3.63) is 11.8 Å². The van der Waals surface area contributed by atoms with Gasteiger partial charge in [0.25, 0.3) is 6.43 Å². The first-order chi connectivity index (χ1) is 3.68. The number of halogens is 2. The van der Waals surface area contributed by atoms with Crippen LogP contribution in [0.15, 0.2) is 11.8 Å². The van der Waals surface area contributed by atoms with Gasteiger partial charge >= 0.3 is 29.6 Å². The molecular weight excluding hydrogens is 139 g/mol. The third kappa shape index (κ3) is 5.77. The SMILES string of the molecule is N#C/C=C(/[O-])C(F)F.[Na+]. The van der Waals surface area contributed by atoms with Crippen LogP contribution in [0.5, 0.6) is 0 Å². The summed E-state index contributed by atoms with van der Waals surface area (Å²) in [7, 11) is 0. The Morgan fingerprint density at radius 3 is 2.22 bits per heavy atom. The number of nitrogens with zero attached hydrogens (tertiary/aromatic N) is 1. The topological polar surface area (TPSA) is 46.8 Å². The molecule has 0 aromatic carbocycles. The Morgan fingerprint density at radius 1 is 1.67 bits per heavy atom. The van der Waals surface area contributed by atoms with Gasteiger partial charge in [0.2, 0.25) is 0 Å². The molecule has 44 valence electrons. The molecule has 0 aliphatic carbocycles. The predicted molar refractivity (Wildman–Crippen MR) is 19.7 cm³/mol. The summed E-state index contributed by atoms with van der Waals surface area (Å²) in [5.74, 6) is -1.44. The Bertz CT molecular complexity index is 140. The molecule has 0 atom stereocenters. The van der Waals surface area contributed by atoms with Gasteiger partial charge in [0.05, 0.1) is 6.07 Å². The summed E-state index contributed by atoms with van der Waals surface area (Å²) in [6.45, 7) is 0. The Kier molecular flexibility index (Phi) is 7.79. The second kappa shape index (κ2) is 6.02. The zero-order valence-electron chi connectivity index (χ0n) is 4.77. The molecule has 0 saturated heterocycles. The Balaban J connectivity index is 0. The molecule has 0 N–H and O–H groups in total. The second-order valence-corrected chi connectivity index (χ2v) is 0.977. The first-order valence-corrected chi connectivity index (χ1v) is 1.73. The zero-order chi connectivity index (χ0) is 6.57. The zero-order valence-corrected chi connectivity index (χ0v) is 6.77. The van der Waals surface area contributed by atoms with Crippen molar-refractivity contribution in [2.75, 3.05) is 0 Å². The molecule has 0 heterocycles.